The summed E-state index contributed by atoms with van der Waals surface area (Å²) < 4.78 is 0. The van der Waals surface area contributed by atoms with E-state index in [9.17, 15) is 14.9 Å². The number of carbonyl (C=O) groups is 1. The number of nitro groups is 1. The second-order valence-electron chi connectivity index (χ2n) is 5.53. The van der Waals surface area contributed by atoms with Gasteiger partial charge in [-0.2, -0.15) is 0 Å². The van der Waals surface area contributed by atoms with Gasteiger partial charge in [-0.25, -0.2) is 0 Å². The number of amides is 1. The zero-order valence-corrected chi connectivity index (χ0v) is 12.0. The van der Waals surface area contributed by atoms with E-state index >= 15 is 0 Å². The zero-order valence-electron chi connectivity index (χ0n) is 12.0. The van der Waals surface area contributed by atoms with Crippen LogP contribution in [-0.2, 0) is 0 Å². The maximum Gasteiger partial charge on any atom is 0.306 e. The highest BCUT2D eigenvalue weighted by molar-refractivity contribution is 6.00. The number of nitrogens with zero attached hydrogens (tertiary/aromatic N) is 1. The second-order valence-corrected chi connectivity index (χ2v) is 5.53. The minimum atomic E-state index is -0.590. The molecule has 0 spiro atoms. The Bertz CT molecular complexity index is 539. The molecule has 1 aromatic carbocycles. The molecule has 0 saturated heterocycles. The van der Waals surface area contributed by atoms with Crippen LogP contribution in [0.3, 0.4) is 0 Å². The fourth-order valence-electron chi connectivity index (χ4n) is 2.71. The molecular formula is C14H20N4O3. The molecule has 114 valence electrons. The lowest BCUT2D eigenvalue weighted by molar-refractivity contribution is -0.384. The highest BCUT2D eigenvalue weighted by Crippen LogP contribution is 2.29. The van der Waals surface area contributed by atoms with Gasteiger partial charge in [0.25, 0.3) is 5.91 Å². The number of para-hydroxylation sites is 1. The van der Waals surface area contributed by atoms with Gasteiger partial charge in [0.2, 0.25) is 0 Å². The number of anilines is 1. The maximum absolute atomic E-state index is 12.3. The van der Waals surface area contributed by atoms with Crippen molar-refractivity contribution in [1.82, 2.24) is 5.32 Å². The van der Waals surface area contributed by atoms with E-state index in [1.807, 2.05) is 0 Å². The number of hydrazine groups is 1. The maximum atomic E-state index is 12.3. The van der Waals surface area contributed by atoms with E-state index in [2.05, 4.69) is 17.7 Å². The molecule has 0 heterocycles. The Balaban J connectivity index is 2.17. The third-order valence-corrected chi connectivity index (χ3v) is 3.97. The van der Waals surface area contributed by atoms with Crippen molar-refractivity contribution in [3.05, 3.63) is 33.9 Å². The van der Waals surface area contributed by atoms with Crippen LogP contribution < -0.4 is 16.6 Å². The van der Waals surface area contributed by atoms with Crippen LogP contribution in [-0.4, -0.2) is 16.9 Å². The van der Waals surface area contributed by atoms with E-state index in [1.165, 1.54) is 12.1 Å². The molecule has 7 nitrogen and oxygen atoms in total. The van der Waals surface area contributed by atoms with Gasteiger partial charge < -0.3 is 10.7 Å². The number of nitrogens with one attached hydrogen (secondary N) is 2. The Morgan fingerprint density at radius 1 is 1.33 bits per heavy atom. The van der Waals surface area contributed by atoms with Crippen molar-refractivity contribution in [1.29, 1.82) is 0 Å². The van der Waals surface area contributed by atoms with Crippen molar-refractivity contribution in [2.75, 3.05) is 5.43 Å². The molecule has 1 aromatic rings. The van der Waals surface area contributed by atoms with Gasteiger partial charge in [-0.1, -0.05) is 13.0 Å². The van der Waals surface area contributed by atoms with E-state index < -0.39 is 10.8 Å². The Morgan fingerprint density at radius 2 is 2.00 bits per heavy atom. The second kappa shape index (κ2) is 6.53. The van der Waals surface area contributed by atoms with Crippen molar-refractivity contribution in [3.8, 4) is 0 Å². The molecule has 0 unspecified atom stereocenters. The zero-order chi connectivity index (χ0) is 15.4. The minimum Gasteiger partial charge on any atom is -0.349 e. The van der Waals surface area contributed by atoms with Crippen molar-refractivity contribution in [3.63, 3.8) is 0 Å². The van der Waals surface area contributed by atoms with E-state index in [-0.39, 0.29) is 23.0 Å². The highest BCUT2D eigenvalue weighted by Gasteiger charge is 2.26. The first-order chi connectivity index (χ1) is 10.0. The number of carbonyl (C=O) groups excluding carboxylic acids is 1. The summed E-state index contributed by atoms with van der Waals surface area (Å²) in [6.07, 6.45) is 3.96. The minimum absolute atomic E-state index is 0.0362. The molecule has 2 rings (SSSR count). The van der Waals surface area contributed by atoms with Gasteiger partial charge in [0.1, 0.15) is 11.3 Å². The van der Waals surface area contributed by atoms with Gasteiger partial charge in [-0.3, -0.25) is 20.8 Å². The van der Waals surface area contributed by atoms with Crippen molar-refractivity contribution in [2.45, 2.75) is 38.6 Å². The molecule has 0 atom stereocenters. The first-order valence-corrected chi connectivity index (χ1v) is 7.07. The van der Waals surface area contributed by atoms with Gasteiger partial charge in [-0.05, 0) is 43.7 Å². The summed E-state index contributed by atoms with van der Waals surface area (Å²) in [6.45, 7) is 2.19. The van der Waals surface area contributed by atoms with Crippen molar-refractivity contribution in [2.24, 2.45) is 11.8 Å². The Morgan fingerprint density at radius 3 is 2.57 bits per heavy atom. The molecule has 1 saturated carbocycles. The largest absolute Gasteiger partial charge is 0.349 e. The van der Waals surface area contributed by atoms with Crippen LogP contribution in [0.1, 0.15) is 43.0 Å². The third-order valence-electron chi connectivity index (χ3n) is 3.97. The van der Waals surface area contributed by atoms with Gasteiger partial charge in [0.15, 0.2) is 0 Å². The van der Waals surface area contributed by atoms with Gasteiger partial charge in [0.05, 0.1) is 4.92 Å². The molecule has 0 aliphatic heterocycles. The summed E-state index contributed by atoms with van der Waals surface area (Å²) >= 11 is 0. The molecule has 1 fully saturated rings. The monoisotopic (exact) mass is 292 g/mol. The number of hydrogen-bond acceptors (Lipinski definition) is 5. The number of benzene rings is 1. The molecule has 1 amide bonds. The van der Waals surface area contributed by atoms with Crippen LogP contribution in [0.2, 0.25) is 0 Å². The van der Waals surface area contributed by atoms with E-state index in [4.69, 9.17) is 5.84 Å². The molecular weight excluding hydrogens is 272 g/mol. The lowest BCUT2D eigenvalue weighted by atomic mass is 9.87. The lowest BCUT2D eigenvalue weighted by Crippen LogP contribution is -2.37. The van der Waals surface area contributed by atoms with Crippen LogP contribution in [0.4, 0.5) is 11.4 Å². The van der Waals surface area contributed by atoms with Crippen LogP contribution in [0.25, 0.3) is 0 Å². The topological polar surface area (TPSA) is 110 Å². The molecule has 1 aliphatic rings. The van der Waals surface area contributed by atoms with Crippen LogP contribution in [0.5, 0.6) is 0 Å². The van der Waals surface area contributed by atoms with Gasteiger partial charge in [-0.15, -0.1) is 0 Å². The highest BCUT2D eigenvalue weighted by atomic mass is 16.6. The average molecular weight is 292 g/mol. The summed E-state index contributed by atoms with van der Waals surface area (Å²) in [5.74, 6) is 5.53. The molecule has 1 aliphatic carbocycles. The molecule has 4 N–H and O–H groups in total. The van der Waals surface area contributed by atoms with Crippen LogP contribution in [0, 0.1) is 16.0 Å². The SMILES string of the molecule is CC1CCC(NC(=O)c2cccc(NN)c2[N+](=O)[O-])CC1. The molecule has 7 heteroatoms. The fraction of sp³-hybridized carbons (Fsp3) is 0.500. The fourth-order valence-corrected chi connectivity index (χ4v) is 2.71. The summed E-state index contributed by atoms with van der Waals surface area (Å²) in [4.78, 5) is 22.9. The summed E-state index contributed by atoms with van der Waals surface area (Å²) in [5.41, 5.74) is 2.14. The first-order valence-electron chi connectivity index (χ1n) is 7.07. The number of rotatable bonds is 4. The van der Waals surface area contributed by atoms with E-state index in [0.717, 1.165) is 25.7 Å². The van der Waals surface area contributed by atoms with E-state index in [0.29, 0.717) is 5.92 Å². The smallest absolute Gasteiger partial charge is 0.306 e. The van der Waals surface area contributed by atoms with Crippen LogP contribution >= 0.6 is 0 Å². The van der Waals surface area contributed by atoms with E-state index in [1.54, 1.807) is 6.07 Å². The number of nitro benzene ring substituents is 1. The standard InChI is InChI=1S/C14H20N4O3/c1-9-5-7-10(8-6-9)16-14(19)11-3-2-4-12(17-15)13(11)18(20)21/h2-4,9-10,17H,5-8,15H2,1H3,(H,16,19). The number of hydrogen-bond donors (Lipinski definition) is 3. The first kappa shape index (κ1) is 15.2. The predicted octanol–water partition coefficient (Wildman–Crippen LogP) is 2.19. The Kier molecular flexibility index (Phi) is 4.74. The lowest BCUT2D eigenvalue weighted by Gasteiger charge is -2.26. The van der Waals surface area contributed by atoms with Crippen LogP contribution in [0.15, 0.2) is 18.2 Å². The Labute approximate surface area is 123 Å². The molecule has 0 bridgehead atoms. The normalized spacial score (nSPS) is 21.6. The van der Waals surface area contributed by atoms with Crippen molar-refractivity contribution < 1.29 is 9.72 Å². The van der Waals surface area contributed by atoms with Crippen molar-refractivity contribution >= 4 is 17.3 Å². The Hall–Kier alpha value is -2.15. The summed E-state index contributed by atoms with van der Waals surface area (Å²) in [5, 5.41) is 14.1. The predicted molar refractivity (Wildman–Crippen MR) is 79.8 cm³/mol. The number of nitrogens with two attached hydrogens (primary N) is 1. The molecule has 0 aromatic heterocycles. The number of nitrogen functional groups attached to an aromatic ring is 1. The average Bonchev–Trinajstić information content (AvgIpc) is 2.48. The summed E-state index contributed by atoms with van der Waals surface area (Å²) in [6, 6.07) is 4.57. The van der Waals surface area contributed by atoms with Gasteiger partial charge in [0, 0.05) is 6.04 Å². The third kappa shape index (κ3) is 3.49. The quantitative estimate of drug-likeness (QED) is 0.447. The summed E-state index contributed by atoms with van der Waals surface area (Å²) in [7, 11) is 0. The van der Waals surface area contributed by atoms with Gasteiger partial charge >= 0.3 is 5.69 Å². The molecule has 0 radical (unpaired) electrons. The molecule has 21 heavy (non-hydrogen) atoms.